The van der Waals surface area contributed by atoms with Gasteiger partial charge < -0.3 is 20.4 Å². The molecule has 0 radical (unpaired) electrons. The topological polar surface area (TPSA) is 83.4 Å². The van der Waals surface area contributed by atoms with Gasteiger partial charge >= 0.3 is 11.7 Å². The summed E-state index contributed by atoms with van der Waals surface area (Å²) in [6, 6.07) is 15.2. The highest BCUT2D eigenvalue weighted by atomic mass is 16.4. The summed E-state index contributed by atoms with van der Waals surface area (Å²) in [6.07, 6.45) is 3.01. The number of rotatable bonds is 6. The largest absolute Gasteiger partial charge is 0.423 e. The Kier molecular flexibility index (Phi) is 5.02. The van der Waals surface area contributed by atoms with Crippen molar-refractivity contribution in [3.8, 4) is 0 Å². The average Bonchev–Trinajstić information content (AvgIpc) is 3.50. The Morgan fingerprint density at radius 2 is 1.82 bits per heavy atom. The minimum Gasteiger partial charge on any atom is -0.423 e. The van der Waals surface area contributed by atoms with Crippen LogP contribution in [0.3, 0.4) is 0 Å². The molecule has 6 heteroatoms. The molecule has 2 amide bonds. The number of benzene rings is 2. The highest BCUT2D eigenvalue weighted by Crippen LogP contribution is 2.21. The zero-order valence-corrected chi connectivity index (χ0v) is 15.7. The zero-order chi connectivity index (χ0) is 19.5. The second-order valence-corrected chi connectivity index (χ2v) is 7.08. The maximum atomic E-state index is 11.9. The third kappa shape index (κ3) is 4.34. The first kappa shape index (κ1) is 18.1. The maximum Gasteiger partial charge on any atom is 0.336 e. The number of urea groups is 1. The summed E-state index contributed by atoms with van der Waals surface area (Å²) in [4.78, 5) is 23.7. The van der Waals surface area contributed by atoms with E-state index in [1.807, 2.05) is 36.4 Å². The highest BCUT2D eigenvalue weighted by Gasteiger charge is 2.23. The molecule has 28 heavy (non-hydrogen) atoms. The molecular weight excluding hydrogens is 354 g/mol. The number of anilines is 2. The third-order valence-corrected chi connectivity index (χ3v) is 4.84. The highest BCUT2D eigenvalue weighted by molar-refractivity contribution is 5.89. The Balaban J connectivity index is 1.44. The number of hydrogen-bond acceptors (Lipinski definition) is 4. The van der Waals surface area contributed by atoms with Crippen molar-refractivity contribution in [2.24, 2.45) is 0 Å². The number of nitrogens with one attached hydrogen (secondary N) is 3. The first-order valence-electron chi connectivity index (χ1n) is 9.58. The van der Waals surface area contributed by atoms with Crippen molar-refractivity contribution in [2.45, 2.75) is 38.8 Å². The summed E-state index contributed by atoms with van der Waals surface area (Å²) in [5, 5.41) is 9.97. The number of amides is 2. The summed E-state index contributed by atoms with van der Waals surface area (Å²) < 4.78 is 5.35. The Hall–Kier alpha value is -3.28. The van der Waals surface area contributed by atoms with E-state index >= 15 is 0 Å². The normalized spacial score (nSPS) is 13.3. The van der Waals surface area contributed by atoms with E-state index in [1.54, 1.807) is 0 Å². The lowest BCUT2D eigenvalue weighted by Gasteiger charge is -2.11. The van der Waals surface area contributed by atoms with Gasteiger partial charge in [0.1, 0.15) is 5.58 Å². The molecule has 0 aliphatic heterocycles. The van der Waals surface area contributed by atoms with E-state index in [9.17, 15) is 9.59 Å². The van der Waals surface area contributed by atoms with Crippen LogP contribution in [0.5, 0.6) is 0 Å². The van der Waals surface area contributed by atoms with Crippen LogP contribution in [0.4, 0.5) is 16.2 Å². The van der Waals surface area contributed by atoms with Crippen molar-refractivity contribution >= 4 is 28.4 Å². The van der Waals surface area contributed by atoms with Gasteiger partial charge in [-0.25, -0.2) is 9.59 Å². The van der Waals surface area contributed by atoms with Crippen molar-refractivity contribution in [3.63, 3.8) is 0 Å². The first-order chi connectivity index (χ1) is 13.6. The molecule has 1 aliphatic carbocycles. The lowest BCUT2D eigenvalue weighted by Crippen LogP contribution is -2.30. The van der Waals surface area contributed by atoms with Gasteiger partial charge in [0.05, 0.1) is 0 Å². The van der Waals surface area contributed by atoms with Crippen molar-refractivity contribution in [1.82, 2.24) is 5.32 Å². The van der Waals surface area contributed by atoms with E-state index < -0.39 is 0 Å². The van der Waals surface area contributed by atoms with Gasteiger partial charge in [-0.1, -0.05) is 19.1 Å². The van der Waals surface area contributed by atoms with Crippen LogP contribution in [0.2, 0.25) is 0 Å². The molecule has 144 valence electrons. The van der Waals surface area contributed by atoms with Crippen LogP contribution in [0.1, 0.15) is 30.9 Å². The van der Waals surface area contributed by atoms with Gasteiger partial charge in [0.15, 0.2) is 0 Å². The molecule has 0 spiro atoms. The predicted molar refractivity (Wildman–Crippen MR) is 111 cm³/mol. The molecule has 1 fully saturated rings. The van der Waals surface area contributed by atoms with E-state index in [0.717, 1.165) is 47.2 Å². The van der Waals surface area contributed by atoms with Gasteiger partial charge in [0, 0.05) is 35.4 Å². The fourth-order valence-corrected chi connectivity index (χ4v) is 3.09. The molecule has 1 heterocycles. The third-order valence-electron chi connectivity index (χ3n) is 4.84. The fourth-order valence-electron chi connectivity index (χ4n) is 3.09. The second-order valence-electron chi connectivity index (χ2n) is 7.08. The average molecular weight is 377 g/mol. The Morgan fingerprint density at radius 3 is 2.54 bits per heavy atom. The number of aryl methyl sites for hydroxylation is 1. The summed E-state index contributed by atoms with van der Waals surface area (Å²) in [7, 11) is 0. The number of carbonyl (C=O) groups excluding carboxylic acids is 1. The molecule has 4 rings (SSSR count). The monoisotopic (exact) mass is 377 g/mol. The van der Waals surface area contributed by atoms with Crippen LogP contribution in [-0.2, 0) is 13.0 Å². The van der Waals surface area contributed by atoms with Crippen LogP contribution in [0.15, 0.2) is 57.7 Å². The van der Waals surface area contributed by atoms with Gasteiger partial charge in [-0.15, -0.1) is 0 Å². The number of carbonyl (C=O) groups is 1. The summed E-state index contributed by atoms with van der Waals surface area (Å²) >= 11 is 0. The first-order valence-corrected chi connectivity index (χ1v) is 9.58. The molecule has 0 atom stereocenters. The van der Waals surface area contributed by atoms with Gasteiger partial charge in [0.25, 0.3) is 0 Å². The van der Waals surface area contributed by atoms with E-state index in [0.29, 0.717) is 18.2 Å². The molecule has 0 unspecified atom stereocenters. The molecule has 3 aromatic rings. The van der Waals surface area contributed by atoms with Gasteiger partial charge in [-0.2, -0.15) is 0 Å². The van der Waals surface area contributed by atoms with E-state index in [2.05, 4.69) is 28.9 Å². The Bertz CT molecular complexity index is 1050. The van der Waals surface area contributed by atoms with Crippen LogP contribution in [0, 0.1) is 0 Å². The van der Waals surface area contributed by atoms with E-state index in [-0.39, 0.29) is 11.7 Å². The summed E-state index contributed by atoms with van der Waals surface area (Å²) in [5.74, 6) is 0. The van der Waals surface area contributed by atoms with Crippen molar-refractivity contribution in [2.75, 3.05) is 10.6 Å². The standard InChI is InChI=1S/C22H23N3O3/c1-2-14-3-10-19-15(12-21(26)28-20(19)11-14)13-23-16-4-6-17(7-5-16)24-22(27)25-18-8-9-18/h3-7,10-12,18,23H,2,8-9,13H2,1H3,(H2,24,25,27). The Labute approximate surface area is 162 Å². The zero-order valence-electron chi connectivity index (χ0n) is 15.7. The van der Waals surface area contributed by atoms with Crippen LogP contribution in [0.25, 0.3) is 11.0 Å². The quantitative estimate of drug-likeness (QED) is 0.561. The SMILES string of the molecule is CCc1ccc2c(CNc3ccc(NC(=O)NC4CC4)cc3)cc(=O)oc2c1. The maximum absolute atomic E-state index is 11.9. The molecule has 0 saturated heterocycles. The Morgan fingerprint density at radius 1 is 1.07 bits per heavy atom. The second kappa shape index (κ2) is 7.76. The fraction of sp³-hybridized carbons (Fsp3) is 0.273. The predicted octanol–water partition coefficient (Wildman–Crippen LogP) is 4.25. The molecule has 1 aromatic heterocycles. The molecule has 2 aromatic carbocycles. The lowest BCUT2D eigenvalue weighted by molar-refractivity contribution is 0.251. The minimum absolute atomic E-state index is 0.169. The number of fused-ring (bicyclic) bond motifs is 1. The van der Waals surface area contributed by atoms with Gasteiger partial charge in [0.2, 0.25) is 0 Å². The van der Waals surface area contributed by atoms with Crippen molar-refractivity contribution < 1.29 is 9.21 Å². The smallest absolute Gasteiger partial charge is 0.336 e. The molecule has 1 saturated carbocycles. The van der Waals surface area contributed by atoms with E-state index in [4.69, 9.17) is 4.42 Å². The summed E-state index contributed by atoms with van der Waals surface area (Å²) in [5.41, 5.74) is 3.93. The summed E-state index contributed by atoms with van der Waals surface area (Å²) in [6.45, 7) is 2.57. The molecular formula is C22H23N3O3. The van der Waals surface area contributed by atoms with Crippen molar-refractivity contribution in [1.29, 1.82) is 0 Å². The van der Waals surface area contributed by atoms with Gasteiger partial charge in [-0.3, -0.25) is 0 Å². The molecule has 6 nitrogen and oxygen atoms in total. The molecule has 3 N–H and O–H groups in total. The molecule has 0 bridgehead atoms. The van der Waals surface area contributed by atoms with E-state index in [1.165, 1.54) is 6.07 Å². The van der Waals surface area contributed by atoms with Crippen molar-refractivity contribution in [3.05, 3.63) is 70.1 Å². The lowest BCUT2D eigenvalue weighted by atomic mass is 10.1. The van der Waals surface area contributed by atoms with Crippen LogP contribution >= 0.6 is 0 Å². The van der Waals surface area contributed by atoms with Crippen LogP contribution in [-0.4, -0.2) is 12.1 Å². The van der Waals surface area contributed by atoms with Crippen LogP contribution < -0.4 is 21.6 Å². The minimum atomic E-state index is -0.348. The number of hydrogen-bond donors (Lipinski definition) is 3. The van der Waals surface area contributed by atoms with Gasteiger partial charge in [-0.05, 0) is 60.7 Å². The molecule has 1 aliphatic rings.